The zero-order valence-corrected chi connectivity index (χ0v) is 15.6. The Morgan fingerprint density at radius 2 is 1.58 bits per heavy atom. The minimum Gasteiger partial charge on any atom is -0.452 e. The van der Waals surface area contributed by atoms with Gasteiger partial charge in [0.05, 0.1) is 5.56 Å². The highest BCUT2D eigenvalue weighted by atomic mass is 16.5. The second kappa shape index (κ2) is 6.93. The molecule has 0 radical (unpaired) electrons. The van der Waals surface area contributed by atoms with Crippen LogP contribution in [-0.4, -0.2) is 38.6 Å². The van der Waals surface area contributed by atoms with Gasteiger partial charge in [-0.1, -0.05) is 0 Å². The van der Waals surface area contributed by atoms with E-state index in [9.17, 15) is 9.59 Å². The fraction of sp³-hybridized carbons (Fsp3) is 0.619. The maximum absolute atomic E-state index is 12.3. The third kappa shape index (κ3) is 3.44. The SMILES string of the molecule is CN(C)c1ccc(C(=O)OCC(=O)NC2C3CC4CC(C3)CC2C4)cc1. The van der Waals surface area contributed by atoms with Crippen LogP contribution >= 0.6 is 0 Å². The second-order valence-corrected chi connectivity index (χ2v) is 8.54. The summed E-state index contributed by atoms with van der Waals surface area (Å²) in [6.45, 7) is -0.197. The molecule has 0 unspecified atom stereocenters. The molecule has 0 aromatic heterocycles. The molecule has 140 valence electrons. The van der Waals surface area contributed by atoms with Crippen molar-refractivity contribution < 1.29 is 14.3 Å². The fourth-order valence-corrected chi connectivity index (χ4v) is 5.50. The number of carbonyl (C=O) groups is 2. The van der Waals surface area contributed by atoms with Gasteiger partial charge in [0, 0.05) is 25.8 Å². The molecule has 4 saturated carbocycles. The molecule has 5 rings (SSSR count). The third-order valence-corrected chi connectivity index (χ3v) is 6.51. The molecular weight excluding hydrogens is 328 g/mol. The molecule has 5 heteroatoms. The van der Waals surface area contributed by atoms with Crippen LogP contribution < -0.4 is 10.2 Å². The summed E-state index contributed by atoms with van der Waals surface area (Å²) < 4.78 is 5.22. The molecule has 4 aliphatic rings. The van der Waals surface area contributed by atoms with Crippen molar-refractivity contribution in [2.45, 2.75) is 38.1 Å². The Morgan fingerprint density at radius 3 is 2.12 bits per heavy atom. The smallest absolute Gasteiger partial charge is 0.338 e. The first-order valence-corrected chi connectivity index (χ1v) is 9.73. The van der Waals surface area contributed by atoms with Gasteiger partial charge in [-0.2, -0.15) is 0 Å². The Morgan fingerprint density at radius 1 is 1.00 bits per heavy atom. The van der Waals surface area contributed by atoms with Gasteiger partial charge in [0.15, 0.2) is 6.61 Å². The summed E-state index contributed by atoms with van der Waals surface area (Å²) in [5.74, 6) is 2.41. The highest BCUT2D eigenvalue weighted by molar-refractivity contribution is 5.91. The molecule has 4 bridgehead atoms. The number of hydrogen-bond donors (Lipinski definition) is 1. The lowest BCUT2D eigenvalue weighted by Gasteiger charge is -2.54. The van der Waals surface area contributed by atoms with Crippen LogP contribution in [0.15, 0.2) is 24.3 Å². The van der Waals surface area contributed by atoms with Crippen molar-refractivity contribution in [3.05, 3.63) is 29.8 Å². The highest BCUT2D eigenvalue weighted by Gasteiger charge is 2.48. The van der Waals surface area contributed by atoms with E-state index in [2.05, 4.69) is 5.32 Å². The van der Waals surface area contributed by atoms with Crippen molar-refractivity contribution in [2.75, 3.05) is 25.6 Å². The maximum atomic E-state index is 12.3. The standard InChI is InChI=1S/C21H28N2O3/c1-23(2)18-5-3-15(4-6-18)21(25)26-12-19(24)22-20-16-8-13-7-14(10-16)11-17(20)9-13/h3-6,13-14,16-17,20H,7-12H2,1-2H3,(H,22,24). The minimum atomic E-state index is -0.449. The van der Waals surface area contributed by atoms with Gasteiger partial charge >= 0.3 is 5.97 Å². The van der Waals surface area contributed by atoms with Crippen molar-refractivity contribution in [3.63, 3.8) is 0 Å². The van der Waals surface area contributed by atoms with E-state index in [0.717, 1.165) is 17.5 Å². The number of rotatable bonds is 5. The van der Waals surface area contributed by atoms with E-state index >= 15 is 0 Å². The third-order valence-electron chi connectivity index (χ3n) is 6.51. The number of ether oxygens (including phenoxy) is 1. The molecule has 1 aromatic carbocycles. The summed E-state index contributed by atoms with van der Waals surface area (Å²) in [4.78, 5) is 26.4. The quantitative estimate of drug-likeness (QED) is 0.824. The first-order chi connectivity index (χ1) is 12.5. The molecule has 26 heavy (non-hydrogen) atoms. The molecule has 0 saturated heterocycles. The van der Waals surface area contributed by atoms with Crippen molar-refractivity contribution in [3.8, 4) is 0 Å². The van der Waals surface area contributed by atoms with Crippen LogP contribution in [0.5, 0.6) is 0 Å². The number of anilines is 1. The summed E-state index contributed by atoms with van der Waals surface area (Å²) >= 11 is 0. The van der Waals surface area contributed by atoms with Crippen LogP contribution in [0.2, 0.25) is 0 Å². The van der Waals surface area contributed by atoms with E-state index in [0.29, 0.717) is 17.4 Å². The molecule has 4 aliphatic carbocycles. The zero-order valence-electron chi connectivity index (χ0n) is 15.6. The molecule has 0 aliphatic heterocycles. The Kier molecular flexibility index (Phi) is 4.63. The predicted octanol–water partition coefficient (Wildman–Crippen LogP) is 2.85. The van der Waals surface area contributed by atoms with Crippen LogP contribution in [0.25, 0.3) is 0 Å². The van der Waals surface area contributed by atoms with Gasteiger partial charge in [-0.3, -0.25) is 4.79 Å². The molecule has 1 N–H and O–H groups in total. The maximum Gasteiger partial charge on any atom is 0.338 e. The number of carbonyl (C=O) groups excluding carboxylic acids is 2. The summed E-state index contributed by atoms with van der Waals surface area (Å²) in [5, 5.41) is 3.17. The zero-order chi connectivity index (χ0) is 18.3. The van der Waals surface area contributed by atoms with E-state index in [4.69, 9.17) is 4.74 Å². The number of nitrogens with one attached hydrogen (secondary N) is 1. The Balaban J connectivity index is 1.28. The van der Waals surface area contributed by atoms with Crippen LogP contribution in [0, 0.1) is 23.7 Å². The fourth-order valence-electron chi connectivity index (χ4n) is 5.50. The normalized spacial score (nSPS) is 31.5. The minimum absolute atomic E-state index is 0.166. The summed E-state index contributed by atoms with van der Waals surface area (Å²) in [5.41, 5.74) is 1.49. The number of esters is 1. The second-order valence-electron chi connectivity index (χ2n) is 8.54. The van der Waals surface area contributed by atoms with E-state index in [1.807, 2.05) is 31.1 Å². The average molecular weight is 356 g/mol. The lowest BCUT2D eigenvalue weighted by molar-refractivity contribution is -0.128. The van der Waals surface area contributed by atoms with Gasteiger partial charge in [0.2, 0.25) is 0 Å². The highest BCUT2D eigenvalue weighted by Crippen LogP contribution is 2.53. The first-order valence-electron chi connectivity index (χ1n) is 9.73. The van der Waals surface area contributed by atoms with Crippen molar-refractivity contribution in [1.29, 1.82) is 0 Å². The van der Waals surface area contributed by atoms with Gasteiger partial charge in [-0.25, -0.2) is 4.79 Å². The average Bonchev–Trinajstić information content (AvgIpc) is 2.62. The summed E-state index contributed by atoms with van der Waals surface area (Å²) in [6.07, 6.45) is 6.44. The van der Waals surface area contributed by atoms with Crippen LogP contribution in [0.3, 0.4) is 0 Å². The van der Waals surface area contributed by atoms with Crippen LogP contribution in [-0.2, 0) is 9.53 Å². The molecule has 0 heterocycles. The Hall–Kier alpha value is -2.04. The van der Waals surface area contributed by atoms with Crippen LogP contribution in [0.4, 0.5) is 5.69 Å². The van der Waals surface area contributed by atoms with Crippen molar-refractivity contribution >= 4 is 17.6 Å². The van der Waals surface area contributed by atoms with E-state index in [-0.39, 0.29) is 18.6 Å². The van der Waals surface area contributed by atoms with Gasteiger partial charge < -0.3 is 15.0 Å². The van der Waals surface area contributed by atoms with Gasteiger partial charge in [0.25, 0.3) is 5.91 Å². The molecule has 4 fully saturated rings. The summed E-state index contributed by atoms with van der Waals surface area (Å²) in [7, 11) is 3.89. The lowest BCUT2D eigenvalue weighted by Crippen LogP contribution is -2.56. The molecule has 0 spiro atoms. The summed E-state index contributed by atoms with van der Waals surface area (Å²) in [6, 6.07) is 7.48. The predicted molar refractivity (Wildman–Crippen MR) is 100 cm³/mol. The lowest BCUT2D eigenvalue weighted by atomic mass is 9.54. The monoisotopic (exact) mass is 356 g/mol. The molecule has 1 amide bonds. The Labute approximate surface area is 155 Å². The first kappa shape index (κ1) is 17.4. The largest absolute Gasteiger partial charge is 0.452 e. The molecular formula is C21H28N2O3. The van der Waals surface area contributed by atoms with Gasteiger partial charge in [-0.15, -0.1) is 0 Å². The van der Waals surface area contributed by atoms with Gasteiger partial charge in [-0.05, 0) is 80.0 Å². The number of benzene rings is 1. The molecule has 5 nitrogen and oxygen atoms in total. The molecule has 0 atom stereocenters. The number of hydrogen-bond acceptors (Lipinski definition) is 4. The number of nitrogens with zero attached hydrogens (tertiary/aromatic N) is 1. The Bertz CT molecular complexity index is 655. The van der Waals surface area contributed by atoms with E-state index < -0.39 is 5.97 Å². The van der Waals surface area contributed by atoms with E-state index in [1.54, 1.807) is 12.1 Å². The number of amides is 1. The van der Waals surface area contributed by atoms with Crippen molar-refractivity contribution in [2.24, 2.45) is 23.7 Å². The van der Waals surface area contributed by atoms with Gasteiger partial charge in [0.1, 0.15) is 0 Å². The topological polar surface area (TPSA) is 58.6 Å². The molecule has 1 aromatic rings. The van der Waals surface area contributed by atoms with Crippen molar-refractivity contribution in [1.82, 2.24) is 5.32 Å². The van der Waals surface area contributed by atoms with E-state index in [1.165, 1.54) is 32.1 Å². The van der Waals surface area contributed by atoms with Crippen LogP contribution in [0.1, 0.15) is 42.5 Å².